The highest BCUT2D eigenvalue weighted by atomic mass is 16.4. The van der Waals surface area contributed by atoms with E-state index in [-0.39, 0.29) is 0 Å². The van der Waals surface area contributed by atoms with Crippen molar-refractivity contribution in [3.63, 3.8) is 0 Å². The summed E-state index contributed by atoms with van der Waals surface area (Å²) in [5.41, 5.74) is -1.12. The Morgan fingerprint density at radius 2 is 1.89 bits per heavy atom. The van der Waals surface area contributed by atoms with E-state index < -0.39 is 17.5 Å². The molecule has 0 unspecified atom stereocenters. The third-order valence-corrected chi connectivity index (χ3v) is 1.43. The summed E-state index contributed by atoms with van der Waals surface area (Å²) in [6, 6.07) is 0. The molecule has 1 atom stereocenters. The van der Waals surface area contributed by atoms with Crippen LogP contribution in [0, 0.1) is 5.92 Å². The molecule has 0 saturated heterocycles. The zero-order valence-electron chi connectivity index (χ0n) is 5.88. The molecule has 0 heterocycles. The highest BCUT2D eigenvalue weighted by Gasteiger charge is 2.28. The molecular formula is C6H12O3. The van der Waals surface area contributed by atoms with Gasteiger partial charge in [-0.2, -0.15) is 0 Å². The molecule has 0 aliphatic carbocycles. The van der Waals surface area contributed by atoms with E-state index in [9.17, 15) is 4.79 Å². The predicted octanol–water partition coefficient (Wildman–Crippen LogP) is 0.478. The van der Waals surface area contributed by atoms with E-state index in [1.165, 1.54) is 20.8 Å². The number of aliphatic carboxylic acids is 1. The lowest BCUT2D eigenvalue weighted by molar-refractivity contribution is -0.148. The van der Waals surface area contributed by atoms with Crippen molar-refractivity contribution in [2.24, 2.45) is 5.92 Å². The second-order valence-electron chi connectivity index (χ2n) is 2.71. The van der Waals surface area contributed by atoms with Gasteiger partial charge in [0, 0.05) is 0 Å². The van der Waals surface area contributed by atoms with Crippen LogP contribution < -0.4 is 0 Å². The number of carboxylic acids is 1. The summed E-state index contributed by atoms with van der Waals surface area (Å²) in [4.78, 5) is 10.2. The van der Waals surface area contributed by atoms with Crippen LogP contribution in [0.3, 0.4) is 0 Å². The molecule has 0 bridgehead atoms. The van der Waals surface area contributed by atoms with Gasteiger partial charge < -0.3 is 10.2 Å². The first-order valence-electron chi connectivity index (χ1n) is 2.81. The molecule has 9 heavy (non-hydrogen) atoms. The largest absolute Gasteiger partial charge is 0.481 e. The summed E-state index contributed by atoms with van der Waals surface area (Å²) < 4.78 is 0. The van der Waals surface area contributed by atoms with Crippen LogP contribution in [-0.4, -0.2) is 21.8 Å². The molecule has 3 nitrogen and oxygen atoms in total. The monoisotopic (exact) mass is 132 g/mol. The summed E-state index contributed by atoms with van der Waals surface area (Å²) in [7, 11) is 0. The summed E-state index contributed by atoms with van der Waals surface area (Å²) in [5.74, 6) is -1.68. The van der Waals surface area contributed by atoms with Gasteiger partial charge in [-0.05, 0) is 20.8 Å². The third-order valence-electron chi connectivity index (χ3n) is 1.43. The number of hydrogen-bond donors (Lipinski definition) is 2. The topological polar surface area (TPSA) is 57.5 Å². The van der Waals surface area contributed by atoms with Crippen LogP contribution in [0.5, 0.6) is 0 Å². The Bertz CT molecular complexity index is 112. The van der Waals surface area contributed by atoms with Crippen molar-refractivity contribution in [2.75, 3.05) is 0 Å². The molecular weight excluding hydrogens is 120 g/mol. The van der Waals surface area contributed by atoms with Crippen LogP contribution in [0.25, 0.3) is 0 Å². The fourth-order valence-corrected chi connectivity index (χ4v) is 0.302. The maximum Gasteiger partial charge on any atom is 0.309 e. The summed E-state index contributed by atoms with van der Waals surface area (Å²) in [5, 5.41) is 17.4. The number of carbonyl (C=O) groups is 1. The van der Waals surface area contributed by atoms with Crippen molar-refractivity contribution in [1.82, 2.24) is 0 Å². The minimum Gasteiger partial charge on any atom is -0.481 e. The molecule has 0 fully saturated rings. The molecule has 3 heteroatoms. The Morgan fingerprint density at radius 1 is 1.56 bits per heavy atom. The van der Waals surface area contributed by atoms with Gasteiger partial charge in [-0.3, -0.25) is 4.79 Å². The smallest absolute Gasteiger partial charge is 0.309 e. The molecule has 0 rings (SSSR count). The Morgan fingerprint density at radius 3 is 1.89 bits per heavy atom. The number of hydrogen-bond acceptors (Lipinski definition) is 2. The van der Waals surface area contributed by atoms with E-state index in [2.05, 4.69) is 0 Å². The van der Waals surface area contributed by atoms with Crippen LogP contribution in [-0.2, 0) is 4.79 Å². The van der Waals surface area contributed by atoms with Crippen molar-refractivity contribution in [3.8, 4) is 0 Å². The first-order valence-corrected chi connectivity index (χ1v) is 2.81. The normalized spacial score (nSPS) is 15.1. The molecule has 0 aromatic carbocycles. The lowest BCUT2D eigenvalue weighted by atomic mass is 9.93. The van der Waals surface area contributed by atoms with Crippen LogP contribution in [0.2, 0.25) is 0 Å². The Hall–Kier alpha value is -0.570. The average Bonchev–Trinajstić information content (AvgIpc) is 1.62. The van der Waals surface area contributed by atoms with E-state index in [1.54, 1.807) is 0 Å². The second-order valence-corrected chi connectivity index (χ2v) is 2.71. The summed E-state index contributed by atoms with van der Waals surface area (Å²) >= 11 is 0. The Labute approximate surface area is 54.3 Å². The van der Waals surface area contributed by atoms with Gasteiger partial charge in [-0.15, -0.1) is 0 Å². The van der Waals surface area contributed by atoms with Gasteiger partial charge >= 0.3 is 5.97 Å². The SMILES string of the molecule is C[C@H](C(=O)O)C(C)(C)O. The van der Waals surface area contributed by atoms with Crippen LogP contribution in [0.1, 0.15) is 20.8 Å². The molecule has 0 radical (unpaired) electrons. The van der Waals surface area contributed by atoms with E-state index >= 15 is 0 Å². The van der Waals surface area contributed by atoms with Crippen molar-refractivity contribution in [3.05, 3.63) is 0 Å². The van der Waals surface area contributed by atoms with Crippen molar-refractivity contribution in [1.29, 1.82) is 0 Å². The molecule has 0 saturated carbocycles. The third kappa shape index (κ3) is 2.46. The highest BCUT2D eigenvalue weighted by Crippen LogP contribution is 2.14. The fraction of sp³-hybridized carbons (Fsp3) is 0.833. The van der Waals surface area contributed by atoms with Crippen molar-refractivity contribution in [2.45, 2.75) is 26.4 Å². The molecule has 0 aromatic heterocycles. The lowest BCUT2D eigenvalue weighted by Gasteiger charge is -2.21. The fourth-order valence-electron chi connectivity index (χ4n) is 0.302. The maximum absolute atomic E-state index is 10.2. The number of carboxylic acid groups (broad SMARTS) is 1. The molecule has 0 spiro atoms. The first-order chi connectivity index (χ1) is 3.85. The zero-order chi connectivity index (χ0) is 7.65. The van der Waals surface area contributed by atoms with E-state index in [0.717, 1.165) is 0 Å². The highest BCUT2D eigenvalue weighted by molar-refractivity contribution is 5.70. The van der Waals surface area contributed by atoms with Crippen molar-refractivity contribution >= 4 is 5.97 Å². The first kappa shape index (κ1) is 8.43. The van der Waals surface area contributed by atoms with Gasteiger partial charge in [0.05, 0.1) is 11.5 Å². The van der Waals surface area contributed by atoms with Gasteiger partial charge in [0.2, 0.25) is 0 Å². The molecule has 2 N–H and O–H groups in total. The quantitative estimate of drug-likeness (QED) is 0.574. The summed E-state index contributed by atoms with van der Waals surface area (Å²) in [6.07, 6.45) is 0. The molecule has 0 aromatic rings. The van der Waals surface area contributed by atoms with Gasteiger partial charge in [-0.1, -0.05) is 0 Å². The van der Waals surface area contributed by atoms with Crippen LogP contribution in [0.4, 0.5) is 0 Å². The molecule has 54 valence electrons. The minimum atomic E-state index is -1.12. The Kier molecular flexibility index (Phi) is 2.20. The molecule has 0 amide bonds. The van der Waals surface area contributed by atoms with Gasteiger partial charge in [0.15, 0.2) is 0 Å². The van der Waals surface area contributed by atoms with Gasteiger partial charge in [0.1, 0.15) is 0 Å². The van der Waals surface area contributed by atoms with Crippen molar-refractivity contribution < 1.29 is 15.0 Å². The lowest BCUT2D eigenvalue weighted by Crippen LogP contribution is -2.34. The van der Waals surface area contributed by atoms with E-state index in [1.807, 2.05) is 0 Å². The predicted molar refractivity (Wildman–Crippen MR) is 33.1 cm³/mol. The molecule has 0 aliphatic rings. The van der Waals surface area contributed by atoms with E-state index in [0.29, 0.717) is 0 Å². The maximum atomic E-state index is 10.2. The average molecular weight is 132 g/mol. The number of aliphatic hydroxyl groups is 1. The van der Waals surface area contributed by atoms with Crippen LogP contribution >= 0.6 is 0 Å². The second kappa shape index (κ2) is 2.35. The zero-order valence-corrected chi connectivity index (χ0v) is 5.88. The van der Waals surface area contributed by atoms with Gasteiger partial charge in [0.25, 0.3) is 0 Å². The standard InChI is InChI=1S/C6H12O3/c1-4(5(7)8)6(2,3)9/h4,9H,1-3H3,(H,7,8)/t4-/m1/s1. The summed E-state index contributed by atoms with van der Waals surface area (Å²) in [6.45, 7) is 4.43. The Balaban J connectivity index is 4.04. The number of rotatable bonds is 2. The van der Waals surface area contributed by atoms with Crippen LogP contribution in [0.15, 0.2) is 0 Å². The minimum absolute atomic E-state index is 0.711. The van der Waals surface area contributed by atoms with E-state index in [4.69, 9.17) is 10.2 Å². The molecule has 0 aliphatic heterocycles. The van der Waals surface area contributed by atoms with Gasteiger partial charge in [-0.25, -0.2) is 0 Å².